The molecule has 1 aliphatic rings. The van der Waals surface area contributed by atoms with Gasteiger partial charge in [0.2, 0.25) is 5.13 Å². The van der Waals surface area contributed by atoms with Gasteiger partial charge in [-0.3, -0.25) is 10.4 Å². The molecule has 0 atom stereocenters. The van der Waals surface area contributed by atoms with Gasteiger partial charge in [0, 0.05) is 6.20 Å². The molecule has 0 saturated heterocycles. The fourth-order valence-electron chi connectivity index (χ4n) is 2.52. The maximum absolute atomic E-state index is 12.8. The number of rotatable bonds is 2. The first-order chi connectivity index (χ1) is 12.5. The number of nitrogens with zero attached hydrogens (tertiary/aromatic N) is 4. The lowest BCUT2D eigenvalue weighted by Crippen LogP contribution is -2.06. The van der Waals surface area contributed by atoms with Gasteiger partial charge in [-0.15, -0.1) is 0 Å². The zero-order valence-electron chi connectivity index (χ0n) is 13.2. The molecule has 3 aromatic rings. The number of anilines is 1. The Labute approximate surface area is 149 Å². The molecule has 0 fully saturated rings. The fraction of sp³-hybridized carbons (Fsp3) is 0.250. The van der Waals surface area contributed by atoms with Crippen molar-refractivity contribution < 1.29 is 17.9 Å². The van der Waals surface area contributed by atoms with Crippen LogP contribution in [0.15, 0.2) is 35.7 Å². The van der Waals surface area contributed by atoms with Crippen LogP contribution in [0.2, 0.25) is 0 Å². The molecule has 134 valence electrons. The number of thiazole rings is 1. The third kappa shape index (κ3) is 3.32. The van der Waals surface area contributed by atoms with Crippen molar-refractivity contribution in [3.05, 3.63) is 42.0 Å². The quantitative estimate of drug-likeness (QED) is 0.679. The molecule has 0 unspecified atom stereocenters. The van der Waals surface area contributed by atoms with E-state index in [1.807, 2.05) is 6.07 Å². The molecule has 3 aromatic heterocycles. The van der Waals surface area contributed by atoms with Gasteiger partial charge < -0.3 is 4.74 Å². The van der Waals surface area contributed by atoms with Crippen molar-refractivity contribution in [1.29, 1.82) is 0 Å². The third-order valence-electron chi connectivity index (χ3n) is 3.71. The molecule has 1 aliphatic heterocycles. The van der Waals surface area contributed by atoms with Crippen LogP contribution in [0.1, 0.15) is 24.2 Å². The highest BCUT2D eigenvalue weighted by Crippen LogP contribution is 2.32. The van der Waals surface area contributed by atoms with Crippen LogP contribution >= 0.6 is 11.3 Å². The number of hydrogen-bond donors (Lipinski definition) is 1. The monoisotopic (exact) mass is 379 g/mol. The minimum atomic E-state index is -4.48. The Hall–Kier alpha value is -2.75. The number of halogens is 3. The summed E-state index contributed by atoms with van der Waals surface area (Å²) in [6, 6.07) is 4.60. The van der Waals surface area contributed by atoms with E-state index in [9.17, 15) is 13.2 Å². The summed E-state index contributed by atoms with van der Waals surface area (Å²) >= 11 is 1.08. The minimum Gasteiger partial charge on any atom is -0.491 e. The normalized spacial score (nSPS) is 16.2. The van der Waals surface area contributed by atoms with Gasteiger partial charge in [0.15, 0.2) is 0 Å². The summed E-state index contributed by atoms with van der Waals surface area (Å²) in [5.41, 5.74) is 3.63. The predicted octanol–water partition coefficient (Wildman–Crippen LogP) is 4.09. The molecular weight excluding hydrogens is 367 g/mol. The van der Waals surface area contributed by atoms with Gasteiger partial charge in [-0.05, 0) is 31.0 Å². The summed E-state index contributed by atoms with van der Waals surface area (Å²) in [5.74, 6) is 0.661. The molecule has 6 nitrogen and oxygen atoms in total. The second-order valence-electron chi connectivity index (χ2n) is 5.53. The summed E-state index contributed by atoms with van der Waals surface area (Å²) in [5, 5.41) is 4.74. The number of hydrazone groups is 1. The van der Waals surface area contributed by atoms with Crippen molar-refractivity contribution in [2.75, 3.05) is 12.0 Å². The molecule has 0 radical (unpaired) electrons. The van der Waals surface area contributed by atoms with Crippen LogP contribution in [0.5, 0.6) is 5.75 Å². The number of pyridine rings is 2. The third-order valence-corrected chi connectivity index (χ3v) is 4.63. The minimum absolute atomic E-state index is 0.383. The van der Waals surface area contributed by atoms with Gasteiger partial charge >= 0.3 is 6.18 Å². The number of aromatic nitrogens is 3. The molecule has 4 rings (SSSR count). The van der Waals surface area contributed by atoms with Crippen molar-refractivity contribution in [2.24, 2.45) is 5.10 Å². The first kappa shape index (κ1) is 16.7. The highest BCUT2D eigenvalue weighted by molar-refractivity contribution is 7.22. The van der Waals surface area contributed by atoms with Crippen molar-refractivity contribution in [3.8, 4) is 5.75 Å². The second kappa shape index (κ2) is 6.52. The van der Waals surface area contributed by atoms with Gasteiger partial charge in [-0.25, -0.2) is 9.97 Å². The Kier molecular flexibility index (Phi) is 4.19. The molecule has 0 aliphatic carbocycles. The Morgan fingerprint density at radius 3 is 3.00 bits per heavy atom. The van der Waals surface area contributed by atoms with E-state index in [2.05, 4.69) is 25.5 Å². The maximum atomic E-state index is 12.8. The Bertz CT molecular complexity index is 985. The smallest absolute Gasteiger partial charge is 0.433 e. The fourth-order valence-corrected chi connectivity index (χ4v) is 3.34. The molecule has 0 saturated carbocycles. The molecule has 4 heterocycles. The van der Waals surface area contributed by atoms with Crippen LogP contribution in [0.25, 0.3) is 10.2 Å². The summed E-state index contributed by atoms with van der Waals surface area (Å²) in [6.45, 7) is 0.574. The summed E-state index contributed by atoms with van der Waals surface area (Å²) in [6.07, 6.45) is -0.257. The summed E-state index contributed by atoms with van der Waals surface area (Å²) < 4.78 is 44.3. The van der Waals surface area contributed by atoms with Gasteiger partial charge in [-0.1, -0.05) is 11.3 Å². The van der Waals surface area contributed by atoms with Gasteiger partial charge in [-0.2, -0.15) is 18.3 Å². The standard InChI is InChI=1S/C16H12F3N5OS/c17-16(18,19)13-7-12-10(8-21-13)22-15(26-12)24-23-9-3-2-6-25-11-4-1-5-20-14(9)11/h1,4-5,7-8H,2-3,6H2,(H,22,24)/b23-9+. The Balaban J connectivity index is 1.62. The van der Waals surface area contributed by atoms with E-state index in [0.29, 0.717) is 45.5 Å². The number of ether oxygens (including phenoxy) is 1. The molecular formula is C16H12F3N5OS. The average molecular weight is 379 g/mol. The molecule has 0 spiro atoms. The zero-order chi connectivity index (χ0) is 18.1. The van der Waals surface area contributed by atoms with Crippen molar-refractivity contribution in [1.82, 2.24) is 15.0 Å². The van der Waals surface area contributed by atoms with Gasteiger partial charge in [0.1, 0.15) is 22.7 Å². The molecule has 0 amide bonds. The van der Waals surface area contributed by atoms with E-state index in [1.165, 1.54) is 0 Å². The number of alkyl halides is 3. The highest BCUT2D eigenvalue weighted by Gasteiger charge is 2.32. The van der Waals surface area contributed by atoms with E-state index < -0.39 is 11.9 Å². The number of hydrogen-bond acceptors (Lipinski definition) is 7. The van der Waals surface area contributed by atoms with Crippen LogP contribution < -0.4 is 10.2 Å². The van der Waals surface area contributed by atoms with Crippen molar-refractivity contribution >= 4 is 32.4 Å². The number of nitrogens with one attached hydrogen (secondary N) is 1. The van der Waals surface area contributed by atoms with E-state index in [0.717, 1.165) is 30.0 Å². The lowest BCUT2D eigenvalue weighted by atomic mass is 10.1. The van der Waals surface area contributed by atoms with Crippen LogP contribution in [0.3, 0.4) is 0 Å². The lowest BCUT2D eigenvalue weighted by molar-refractivity contribution is -0.141. The van der Waals surface area contributed by atoms with E-state index >= 15 is 0 Å². The maximum Gasteiger partial charge on any atom is 0.433 e. The molecule has 10 heteroatoms. The molecule has 26 heavy (non-hydrogen) atoms. The van der Waals surface area contributed by atoms with E-state index in [1.54, 1.807) is 12.3 Å². The van der Waals surface area contributed by atoms with E-state index in [4.69, 9.17) is 4.74 Å². The van der Waals surface area contributed by atoms with Crippen LogP contribution in [0.4, 0.5) is 18.3 Å². The first-order valence-electron chi connectivity index (χ1n) is 7.75. The first-order valence-corrected chi connectivity index (χ1v) is 8.57. The summed E-state index contributed by atoms with van der Waals surface area (Å²) in [7, 11) is 0. The predicted molar refractivity (Wildman–Crippen MR) is 91.5 cm³/mol. The zero-order valence-corrected chi connectivity index (χ0v) is 14.1. The number of fused-ring (bicyclic) bond motifs is 2. The Morgan fingerprint density at radius 2 is 2.15 bits per heavy atom. The van der Waals surface area contributed by atoms with Gasteiger partial charge in [0.05, 0.1) is 23.2 Å². The van der Waals surface area contributed by atoms with Crippen molar-refractivity contribution in [2.45, 2.75) is 19.0 Å². The SMILES string of the molecule is FC(F)(F)c1cc2sc(N/N=C3\CCCOc4cccnc43)nc2cn1. The highest BCUT2D eigenvalue weighted by atomic mass is 32.1. The van der Waals surface area contributed by atoms with Crippen LogP contribution in [-0.2, 0) is 6.18 Å². The Morgan fingerprint density at radius 1 is 1.27 bits per heavy atom. The largest absolute Gasteiger partial charge is 0.491 e. The lowest BCUT2D eigenvalue weighted by Gasteiger charge is -2.05. The molecule has 0 bridgehead atoms. The van der Waals surface area contributed by atoms with Crippen molar-refractivity contribution in [3.63, 3.8) is 0 Å². The summed E-state index contributed by atoms with van der Waals surface area (Å²) in [4.78, 5) is 11.9. The molecule has 0 aromatic carbocycles. The topological polar surface area (TPSA) is 72.3 Å². The average Bonchev–Trinajstić information content (AvgIpc) is 2.91. The van der Waals surface area contributed by atoms with Gasteiger partial charge in [0.25, 0.3) is 0 Å². The van der Waals surface area contributed by atoms with Crippen LogP contribution in [-0.4, -0.2) is 27.3 Å². The molecule has 1 N–H and O–H groups in total. The second-order valence-corrected chi connectivity index (χ2v) is 6.56. The van der Waals surface area contributed by atoms with Crippen LogP contribution in [0, 0.1) is 0 Å². The van der Waals surface area contributed by atoms with E-state index in [-0.39, 0.29) is 0 Å².